The van der Waals surface area contributed by atoms with Crippen molar-refractivity contribution < 1.29 is 22.7 Å². The summed E-state index contributed by atoms with van der Waals surface area (Å²) in [4.78, 5) is 27.7. The molecule has 2 aromatic rings. The zero-order valence-electron chi connectivity index (χ0n) is 18.4. The van der Waals surface area contributed by atoms with Crippen molar-refractivity contribution in [1.82, 2.24) is 9.62 Å². The summed E-state index contributed by atoms with van der Waals surface area (Å²) >= 11 is 0. The first-order chi connectivity index (χ1) is 15.3. The Labute approximate surface area is 189 Å². The maximum absolute atomic E-state index is 13.4. The average molecular weight is 459 g/mol. The van der Waals surface area contributed by atoms with Crippen LogP contribution in [0, 0.1) is 5.92 Å². The Morgan fingerprint density at radius 3 is 2.31 bits per heavy atom. The number of nitrogens with zero attached hydrogens (tertiary/aromatic N) is 1. The van der Waals surface area contributed by atoms with Crippen LogP contribution in [-0.4, -0.2) is 43.8 Å². The van der Waals surface area contributed by atoms with Gasteiger partial charge in [-0.3, -0.25) is 4.79 Å². The van der Waals surface area contributed by atoms with E-state index in [1.54, 1.807) is 18.2 Å². The Bertz CT molecular complexity index is 1010. The standard InChI is InChI=1S/C24H30N2O5S/c1-18(2)16-21(25-32(29,30)20-12-7-4-8-13-20)23(27)26-15-9-14-22(26)24(28)31-17-19-10-5-3-6-11-19/h3-8,10-13,18,21-22,25H,9,14-17H2,1-2H3/t21-,22-/m0/s1. The van der Waals surface area contributed by atoms with Crippen LogP contribution < -0.4 is 4.72 Å². The lowest BCUT2D eigenvalue weighted by Gasteiger charge is -2.29. The first-order valence-corrected chi connectivity index (χ1v) is 12.3. The normalized spacial score (nSPS) is 17.3. The predicted octanol–water partition coefficient (Wildman–Crippen LogP) is 3.11. The van der Waals surface area contributed by atoms with Crippen molar-refractivity contribution in [1.29, 1.82) is 0 Å². The molecule has 0 spiro atoms. The first kappa shape index (κ1) is 23.9. The summed E-state index contributed by atoms with van der Waals surface area (Å²) in [5.74, 6) is -0.778. The summed E-state index contributed by atoms with van der Waals surface area (Å²) in [6.45, 7) is 4.37. The molecule has 7 nitrogen and oxygen atoms in total. The molecule has 2 atom stereocenters. The molecule has 1 heterocycles. The molecule has 0 aromatic heterocycles. The van der Waals surface area contributed by atoms with Crippen LogP contribution in [0.5, 0.6) is 0 Å². The van der Waals surface area contributed by atoms with Gasteiger partial charge in [0.2, 0.25) is 15.9 Å². The second-order valence-corrected chi connectivity index (χ2v) is 10.1. The smallest absolute Gasteiger partial charge is 0.329 e. The Morgan fingerprint density at radius 1 is 1.06 bits per heavy atom. The molecule has 1 saturated heterocycles. The van der Waals surface area contributed by atoms with Gasteiger partial charge < -0.3 is 9.64 Å². The monoisotopic (exact) mass is 458 g/mol. The minimum absolute atomic E-state index is 0.0773. The molecule has 0 bridgehead atoms. The van der Waals surface area contributed by atoms with Crippen LogP contribution in [0.2, 0.25) is 0 Å². The minimum atomic E-state index is -3.88. The van der Waals surface area contributed by atoms with Crippen LogP contribution in [-0.2, 0) is 31.0 Å². The molecule has 0 saturated carbocycles. The minimum Gasteiger partial charge on any atom is -0.459 e. The number of esters is 1. The van der Waals surface area contributed by atoms with E-state index >= 15 is 0 Å². The van der Waals surface area contributed by atoms with E-state index in [1.807, 2.05) is 44.2 Å². The zero-order valence-corrected chi connectivity index (χ0v) is 19.3. The molecule has 1 N–H and O–H groups in total. The van der Waals surface area contributed by atoms with Crippen LogP contribution in [0.15, 0.2) is 65.6 Å². The third-order valence-electron chi connectivity index (χ3n) is 5.39. The molecule has 1 aliphatic rings. The second kappa shape index (κ2) is 10.7. The van der Waals surface area contributed by atoms with Crippen LogP contribution in [0.3, 0.4) is 0 Å². The predicted molar refractivity (Wildman–Crippen MR) is 121 cm³/mol. The number of carbonyl (C=O) groups excluding carboxylic acids is 2. The van der Waals surface area contributed by atoms with Crippen molar-refractivity contribution in [3.8, 4) is 0 Å². The van der Waals surface area contributed by atoms with E-state index in [4.69, 9.17) is 4.74 Å². The highest BCUT2D eigenvalue weighted by Gasteiger charge is 2.39. The molecule has 0 unspecified atom stereocenters. The molecule has 1 fully saturated rings. The second-order valence-electron chi connectivity index (χ2n) is 8.40. The summed E-state index contributed by atoms with van der Waals surface area (Å²) in [6.07, 6.45) is 1.49. The van der Waals surface area contributed by atoms with Crippen molar-refractivity contribution in [3.05, 3.63) is 66.2 Å². The van der Waals surface area contributed by atoms with Gasteiger partial charge in [-0.1, -0.05) is 62.4 Å². The number of hydrogen-bond acceptors (Lipinski definition) is 5. The van der Waals surface area contributed by atoms with Crippen molar-refractivity contribution in [2.24, 2.45) is 5.92 Å². The lowest BCUT2D eigenvalue weighted by atomic mass is 10.0. The van der Waals surface area contributed by atoms with Gasteiger partial charge in [-0.15, -0.1) is 0 Å². The number of amides is 1. The number of ether oxygens (including phenoxy) is 1. The number of nitrogens with one attached hydrogen (secondary N) is 1. The highest BCUT2D eigenvalue weighted by atomic mass is 32.2. The molecule has 1 aliphatic heterocycles. The van der Waals surface area contributed by atoms with Crippen LogP contribution in [0.1, 0.15) is 38.7 Å². The molecular formula is C24H30N2O5S. The fourth-order valence-electron chi connectivity index (χ4n) is 3.83. The maximum atomic E-state index is 13.4. The van der Waals surface area contributed by atoms with E-state index < -0.39 is 34.0 Å². The van der Waals surface area contributed by atoms with E-state index in [0.29, 0.717) is 25.8 Å². The summed E-state index contributed by atoms with van der Waals surface area (Å²) in [5.41, 5.74) is 0.866. The Balaban J connectivity index is 1.72. The number of likely N-dealkylation sites (tertiary alicyclic amines) is 1. The molecule has 0 radical (unpaired) electrons. The van der Waals surface area contributed by atoms with E-state index in [0.717, 1.165) is 5.56 Å². The molecule has 0 aliphatic carbocycles. The third-order valence-corrected chi connectivity index (χ3v) is 6.88. The topological polar surface area (TPSA) is 92.8 Å². The van der Waals surface area contributed by atoms with Crippen molar-refractivity contribution in [2.75, 3.05) is 6.54 Å². The lowest BCUT2D eigenvalue weighted by molar-refractivity contribution is -0.155. The number of carbonyl (C=O) groups is 2. The summed E-state index contributed by atoms with van der Waals surface area (Å²) < 4.78 is 33.7. The third kappa shape index (κ3) is 6.17. The van der Waals surface area contributed by atoms with E-state index in [1.165, 1.54) is 17.0 Å². The summed E-state index contributed by atoms with van der Waals surface area (Å²) in [5, 5.41) is 0. The van der Waals surface area contributed by atoms with Gasteiger partial charge in [-0.05, 0) is 42.9 Å². The number of rotatable bonds is 9. The highest BCUT2D eigenvalue weighted by Crippen LogP contribution is 2.23. The van der Waals surface area contributed by atoms with Crippen LogP contribution in [0.4, 0.5) is 0 Å². The molecule has 172 valence electrons. The van der Waals surface area contributed by atoms with E-state index in [-0.39, 0.29) is 17.4 Å². The summed E-state index contributed by atoms with van der Waals surface area (Å²) in [6, 6.07) is 15.6. The SMILES string of the molecule is CC(C)C[C@H](NS(=O)(=O)c1ccccc1)C(=O)N1CCC[C@H]1C(=O)OCc1ccccc1. The molecule has 2 aromatic carbocycles. The van der Waals surface area contributed by atoms with Crippen molar-refractivity contribution >= 4 is 21.9 Å². The number of sulfonamides is 1. The van der Waals surface area contributed by atoms with Gasteiger partial charge in [0.05, 0.1) is 4.90 Å². The Hall–Kier alpha value is -2.71. The van der Waals surface area contributed by atoms with Gasteiger partial charge in [0.1, 0.15) is 18.7 Å². The molecule has 3 rings (SSSR count). The van der Waals surface area contributed by atoms with Gasteiger partial charge in [0, 0.05) is 6.54 Å². The molecule has 1 amide bonds. The Kier molecular flexibility index (Phi) is 8.04. The molecule has 32 heavy (non-hydrogen) atoms. The maximum Gasteiger partial charge on any atom is 0.329 e. The van der Waals surface area contributed by atoms with Gasteiger partial charge in [-0.25, -0.2) is 13.2 Å². The van der Waals surface area contributed by atoms with Gasteiger partial charge in [0.25, 0.3) is 0 Å². The van der Waals surface area contributed by atoms with Gasteiger partial charge in [0.15, 0.2) is 0 Å². The quantitative estimate of drug-likeness (QED) is 0.583. The largest absolute Gasteiger partial charge is 0.459 e. The Morgan fingerprint density at radius 2 is 1.69 bits per heavy atom. The molecular weight excluding hydrogens is 428 g/mol. The fraction of sp³-hybridized carbons (Fsp3) is 0.417. The van der Waals surface area contributed by atoms with Crippen molar-refractivity contribution in [2.45, 2.75) is 56.7 Å². The highest BCUT2D eigenvalue weighted by molar-refractivity contribution is 7.89. The zero-order chi connectivity index (χ0) is 23.1. The van der Waals surface area contributed by atoms with Gasteiger partial charge >= 0.3 is 5.97 Å². The van der Waals surface area contributed by atoms with E-state index in [2.05, 4.69) is 4.72 Å². The number of benzene rings is 2. The molecule has 8 heteroatoms. The first-order valence-electron chi connectivity index (χ1n) is 10.9. The lowest BCUT2D eigenvalue weighted by Crippen LogP contribution is -2.52. The van der Waals surface area contributed by atoms with E-state index in [9.17, 15) is 18.0 Å². The van der Waals surface area contributed by atoms with Crippen LogP contribution in [0.25, 0.3) is 0 Å². The fourth-order valence-corrected chi connectivity index (χ4v) is 5.05. The average Bonchev–Trinajstić information content (AvgIpc) is 3.27. The summed E-state index contributed by atoms with van der Waals surface area (Å²) in [7, 11) is -3.88. The van der Waals surface area contributed by atoms with Crippen molar-refractivity contribution in [3.63, 3.8) is 0 Å². The van der Waals surface area contributed by atoms with Crippen LogP contribution >= 0.6 is 0 Å². The number of hydrogen-bond donors (Lipinski definition) is 1. The van der Waals surface area contributed by atoms with Gasteiger partial charge in [-0.2, -0.15) is 4.72 Å².